The van der Waals surface area contributed by atoms with Gasteiger partial charge in [-0.05, 0) is 53.1 Å². The topological polar surface area (TPSA) is 31.2 Å². The Kier molecular flexibility index (Phi) is 5.09. The molecule has 0 bridgehead atoms. The van der Waals surface area contributed by atoms with Crippen molar-refractivity contribution in [1.82, 2.24) is 4.57 Å². The van der Waals surface area contributed by atoms with E-state index >= 15 is 0 Å². The molecule has 0 aliphatic carbocycles. The molecule has 0 saturated carbocycles. The van der Waals surface area contributed by atoms with Gasteiger partial charge in [0.05, 0.1) is 14.8 Å². The van der Waals surface area contributed by atoms with Gasteiger partial charge in [-0.2, -0.15) is 0 Å². The predicted molar refractivity (Wildman–Crippen MR) is 88.8 cm³/mol. The van der Waals surface area contributed by atoms with E-state index in [1.807, 2.05) is 28.8 Å². The molecule has 2 aromatic rings. The lowest BCUT2D eigenvalue weighted by atomic mass is 10.1. The van der Waals surface area contributed by atoms with Crippen LogP contribution in [0, 0.1) is 9.39 Å². The molecule has 1 heterocycles. The minimum absolute atomic E-state index is 0.151. The summed E-state index contributed by atoms with van der Waals surface area (Å²) in [5.74, 6) is 0.463. The number of benzene rings is 1. The molecule has 0 radical (unpaired) electrons. The molecule has 1 aromatic carbocycles. The Morgan fingerprint density at radius 3 is 2.80 bits per heavy atom. The Morgan fingerprint density at radius 2 is 2.10 bits per heavy atom. The van der Waals surface area contributed by atoms with Gasteiger partial charge in [0.15, 0.2) is 0 Å². The fourth-order valence-corrected chi connectivity index (χ4v) is 2.64. The van der Waals surface area contributed by atoms with Crippen LogP contribution < -0.4 is 10.3 Å². The number of halogens is 2. The highest BCUT2D eigenvalue weighted by atomic mass is 127. The molecule has 106 valence electrons. The van der Waals surface area contributed by atoms with Crippen molar-refractivity contribution in [2.75, 3.05) is 12.2 Å². The van der Waals surface area contributed by atoms with Gasteiger partial charge in [-0.3, -0.25) is 4.79 Å². The Labute approximate surface area is 134 Å². The smallest absolute Gasteiger partial charge is 0.264 e. The molecule has 2 rings (SSSR count). The van der Waals surface area contributed by atoms with Crippen LogP contribution in [0.5, 0.6) is 5.75 Å². The van der Waals surface area contributed by atoms with Crippen molar-refractivity contribution in [2.45, 2.75) is 0 Å². The number of ether oxygens (including phenoxy) is 1. The summed E-state index contributed by atoms with van der Waals surface area (Å²) in [6.07, 6.45) is 1.90. The summed E-state index contributed by atoms with van der Waals surface area (Å²) in [5, 5.41) is 0. The van der Waals surface area contributed by atoms with Gasteiger partial charge in [0.1, 0.15) is 17.5 Å². The molecule has 6 heteroatoms. The number of thioether (sulfide) groups is 1. The maximum absolute atomic E-state index is 14.2. The third-order valence-electron chi connectivity index (χ3n) is 2.82. The molecule has 0 fully saturated rings. The molecule has 1 aromatic heterocycles. The molecule has 0 N–H and O–H groups in total. The Morgan fingerprint density at radius 1 is 1.35 bits per heavy atom. The van der Waals surface area contributed by atoms with Crippen LogP contribution in [-0.4, -0.2) is 16.8 Å². The monoisotopic (exact) mass is 405 g/mol. The second-order valence-corrected chi connectivity index (χ2v) is 6.07. The summed E-state index contributed by atoms with van der Waals surface area (Å²) in [4.78, 5) is 12.0. The SMILES string of the molecule is CSCOc1cccc(F)c1-c1ccc(I)c(=O)n1C. The summed E-state index contributed by atoms with van der Waals surface area (Å²) in [7, 11) is 1.63. The maximum Gasteiger partial charge on any atom is 0.264 e. The van der Waals surface area contributed by atoms with Crippen LogP contribution in [0.2, 0.25) is 0 Å². The first kappa shape index (κ1) is 15.4. The van der Waals surface area contributed by atoms with Crippen LogP contribution in [0.3, 0.4) is 0 Å². The van der Waals surface area contributed by atoms with Crippen molar-refractivity contribution in [3.05, 3.63) is 50.1 Å². The zero-order valence-corrected chi connectivity index (χ0v) is 14.0. The van der Waals surface area contributed by atoms with Crippen LogP contribution in [0.25, 0.3) is 11.3 Å². The van der Waals surface area contributed by atoms with Crippen molar-refractivity contribution in [2.24, 2.45) is 7.05 Å². The number of nitrogens with zero attached hydrogens (tertiary/aromatic N) is 1. The van der Waals surface area contributed by atoms with Gasteiger partial charge in [0.25, 0.3) is 5.56 Å². The van der Waals surface area contributed by atoms with Gasteiger partial charge in [0.2, 0.25) is 0 Å². The summed E-state index contributed by atoms with van der Waals surface area (Å²) in [6, 6.07) is 8.08. The van der Waals surface area contributed by atoms with Gasteiger partial charge in [-0.15, -0.1) is 11.8 Å². The molecule has 3 nitrogen and oxygen atoms in total. The highest BCUT2D eigenvalue weighted by molar-refractivity contribution is 14.1. The molecule has 0 amide bonds. The first-order valence-corrected chi connectivity index (χ1v) is 8.29. The molecule has 0 spiro atoms. The van der Waals surface area contributed by atoms with Crippen molar-refractivity contribution >= 4 is 34.4 Å². The van der Waals surface area contributed by atoms with E-state index in [2.05, 4.69) is 0 Å². The lowest BCUT2D eigenvalue weighted by Gasteiger charge is -2.14. The van der Waals surface area contributed by atoms with Gasteiger partial charge < -0.3 is 9.30 Å². The van der Waals surface area contributed by atoms with Crippen molar-refractivity contribution in [3.8, 4) is 17.0 Å². The highest BCUT2D eigenvalue weighted by Crippen LogP contribution is 2.32. The summed E-state index contributed by atoms with van der Waals surface area (Å²) in [6.45, 7) is 0. The number of rotatable bonds is 4. The van der Waals surface area contributed by atoms with E-state index in [1.54, 1.807) is 31.3 Å². The van der Waals surface area contributed by atoms with Gasteiger partial charge >= 0.3 is 0 Å². The first-order chi connectivity index (χ1) is 9.56. The number of hydrogen-bond acceptors (Lipinski definition) is 3. The molecule has 0 atom stereocenters. The summed E-state index contributed by atoms with van der Waals surface area (Å²) >= 11 is 3.47. The molecule has 0 saturated heterocycles. The number of aromatic nitrogens is 1. The molecule has 0 aliphatic heterocycles. The second kappa shape index (κ2) is 6.62. The third kappa shape index (κ3) is 3.01. The van der Waals surface area contributed by atoms with E-state index in [-0.39, 0.29) is 5.56 Å². The van der Waals surface area contributed by atoms with E-state index in [0.29, 0.717) is 26.5 Å². The average molecular weight is 405 g/mol. The lowest BCUT2D eigenvalue weighted by molar-refractivity contribution is 0.392. The van der Waals surface area contributed by atoms with Gasteiger partial charge in [-0.25, -0.2) is 4.39 Å². The van der Waals surface area contributed by atoms with E-state index in [9.17, 15) is 9.18 Å². The Bertz CT molecular complexity index is 687. The van der Waals surface area contributed by atoms with E-state index < -0.39 is 5.82 Å². The van der Waals surface area contributed by atoms with Crippen LogP contribution in [-0.2, 0) is 7.05 Å². The third-order valence-corrected chi connectivity index (χ3v) is 4.00. The summed E-state index contributed by atoms with van der Waals surface area (Å²) in [5.41, 5.74) is 0.671. The zero-order chi connectivity index (χ0) is 14.7. The Balaban J connectivity index is 2.63. The maximum atomic E-state index is 14.2. The quantitative estimate of drug-likeness (QED) is 0.577. The molecular formula is C14H13FINO2S. The summed E-state index contributed by atoms with van der Waals surface area (Å²) < 4.78 is 21.8. The van der Waals surface area contributed by atoms with Crippen molar-refractivity contribution < 1.29 is 9.13 Å². The zero-order valence-electron chi connectivity index (χ0n) is 11.0. The van der Waals surface area contributed by atoms with E-state index in [4.69, 9.17) is 4.74 Å². The second-order valence-electron chi connectivity index (χ2n) is 4.09. The lowest BCUT2D eigenvalue weighted by Crippen LogP contribution is -2.21. The fraction of sp³-hybridized carbons (Fsp3) is 0.214. The average Bonchev–Trinajstić information content (AvgIpc) is 2.44. The predicted octanol–water partition coefficient (Wildman–Crippen LogP) is 3.50. The van der Waals surface area contributed by atoms with Crippen molar-refractivity contribution in [1.29, 1.82) is 0 Å². The fourth-order valence-electron chi connectivity index (χ4n) is 1.85. The molecule has 0 unspecified atom stereocenters. The van der Waals surface area contributed by atoms with Crippen LogP contribution in [0.15, 0.2) is 35.1 Å². The largest absolute Gasteiger partial charge is 0.482 e. The normalized spacial score (nSPS) is 10.6. The van der Waals surface area contributed by atoms with Gasteiger partial charge in [0, 0.05) is 7.05 Å². The Hall–Kier alpha value is -1.02. The van der Waals surface area contributed by atoms with Crippen molar-refractivity contribution in [3.63, 3.8) is 0 Å². The first-order valence-electron chi connectivity index (χ1n) is 5.82. The molecule has 0 aliphatic rings. The standard InChI is InChI=1S/C14H13FINO2S/c1-17-11(7-6-10(16)14(17)18)13-9(15)4-3-5-12(13)19-8-20-2/h3-7H,8H2,1-2H3. The number of pyridine rings is 1. The van der Waals surface area contributed by atoms with Gasteiger partial charge in [-0.1, -0.05) is 6.07 Å². The van der Waals surface area contributed by atoms with Crippen LogP contribution in [0.4, 0.5) is 4.39 Å². The minimum Gasteiger partial charge on any atom is -0.482 e. The van der Waals surface area contributed by atoms with E-state index in [1.165, 1.54) is 22.4 Å². The van der Waals surface area contributed by atoms with Crippen LogP contribution in [0.1, 0.15) is 0 Å². The van der Waals surface area contributed by atoms with E-state index in [0.717, 1.165) is 0 Å². The molecular weight excluding hydrogens is 392 g/mol. The highest BCUT2D eigenvalue weighted by Gasteiger charge is 2.15. The molecule has 20 heavy (non-hydrogen) atoms. The van der Waals surface area contributed by atoms with Crippen LogP contribution >= 0.6 is 34.4 Å². The minimum atomic E-state index is -0.403. The number of hydrogen-bond donors (Lipinski definition) is 0.